The quantitative estimate of drug-likeness (QED) is 0.688. The fourth-order valence-electron chi connectivity index (χ4n) is 4.06. The van der Waals surface area contributed by atoms with Crippen LogP contribution in [-0.2, 0) is 16.0 Å². The fraction of sp³-hybridized carbons (Fsp3) is 0.500. The first-order chi connectivity index (χ1) is 15.1. The van der Waals surface area contributed by atoms with Crippen molar-refractivity contribution in [2.24, 2.45) is 0 Å². The average Bonchev–Trinajstić information content (AvgIpc) is 3.27. The molecular weight excluding hydrogens is 401 g/mol. The fourth-order valence-corrected chi connectivity index (χ4v) is 4.06. The van der Waals surface area contributed by atoms with E-state index < -0.39 is 6.04 Å². The molecule has 0 unspecified atom stereocenters. The van der Waals surface area contributed by atoms with Crippen molar-refractivity contribution in [2.45, 2.75) is 25.3 Å². The van der Waals surface area contributed by atoms with E-state index in [1.807, 2.05) is 4.90 Å². The summed E-state index contributed by atoms with van der Waals surface area (Å²) in [4.78, 5) is 36.5. The van der Waals surface area contributed by atoms with Gasteiger partial charge in [-0.25, -0.2) is 9.37 Å². The highest BCUT2D eigenvalue weighted by molar-refractivity contribution is 5.78. The first-order valence-electron chi connectivity index (χ1n) is 10.8. The Hall–Kier alpha value is -2.78. The van der Waals surface area contributed by atoms with Gasteiger partial charge in [0.1, 0.15) is 5.82 Å². The zero-order valence-corrected chi connectivity index (χ0v) is 17.5. The molecule has 166 valence electrons. The van der Waals surface area contributed by atoms with Gasteiger partial charge in [-0.2, -0.15) is 0 Å². The lowest BCUT2D eigenvalue weighted by atomic mass is 10.0. The SMILES string of the molecule is O=C(CN1CCCC1)N[C@H](Cc1cc(=O)[nH]c(N2CCOCC2)n1)c1ccc(F)cc1. The first-order valence-corrected chi connectivity index (χ1v) is 10.8. The van der Waals surface area contributed by atoms with E-state index in [4.69, 9.17) is 4.74 Å². The van der Waals surface area contributed by atoms with Gasteiger partial charge in [0, 0.05) is 25.6 Å². The van der Waals surface area contributed by atoms with Crippen molar-refractivity contribution < 1.29 is 13.9 Å². The lowest BCUT2D eigenvalue weighted by Crippen LogP contribution is -2.39. The summed E-state index contributed by atoms with van der Waals surface area (Å²) in [5.74, 6) is 0.0799. The third kappa shape index (κ3) is 5.89. The third-order valence-corrected chi connectivity index (χ3v) is 5.68. The maximum absolute atomic E-state index is 13.5. The molecule has 4 rings (SSSR count). The van der Waals surface area contributed by atoms with Crippen molar-refractivity contribution in [3.8, 4) is 0 Å². The number of likely N-dealkylation sites (tertiary alicyclic amines) is 1. The molecular formula is C22H28FN5O3. The van der Waals surface area contributed by atoms with Crippen LogP contribution in [0.2, 0.25) is 0 Å². The average molecular weight is 429 g/mol. The normalized spacial score (nSPS) is 18.2. The van der Waals surface area contributed by atoms with E-state index in [9.17, 15) is 14.0 Å². The third-order valence-electron chi connectivity index (χ3n) is 5.68. The molecule has 2 fully saturated rings. The number of aromatic amines is 1. The molecule has 1 aromatic carbocycles. The zero-order chi connectivity index (χ0) is 21.6. The summed E-state index contributed by atoms with van der Waals surface area (Å²) in [5.41, 5.74) is 1.10. The predicted octanol–water partition coefficient (Wildman–Crippen LogP) is 1.24. The topological polar surface area (TPSA) is 90.6 Å². The standard InChI is InChI=1S/C22H28FN5O3/c23-17-5-3-16(4-6-17)19(25-21(30)15-27-7-1-2-8-27)13-18-14-20(29)26-22(24-18)28-9-11-31-12-10-28/h3-6,14,19H,1-2,7-13,15H2,(H,25,30)(H,24,26,29)/t19-/m1/s1. The highest BCUT2D eigenvalue weighted by Crippen LogP contribution is 2.19. The van der Waals surface area contributed by atoms with Crippen molar-refractivity contribution >= 4 is 11.9 Å². The number of ether oxygens (including phenoxy) is 1. The number of morpholine rings is 1. The molecule has 31 heavy (non-hydrogen) atoms. The van der Waals surface area contributed by atoms with E-state index in [1.165, 1.54) is 18.2 Å². The van der Waals surface area contributed by atoms with Crippen LogP contribution in [0.25, 0.3) is 0 Å². The van der Waals surface area contributed by atoms with Gasteiger partial charge in [0.15, 0.2) is 0 Å². The Kier molecular flexibility index (Phi) is 6.93. The van der Waals surface area contributed by atoms with Gasteiger partial charge in [-0.05, 0) is 43.6 Å². The second-order valence-electron chi connectivity index (χ2n) is 8.02. The lowest BCUT2D eigenvalue weighted by Gasteiger charge is -2.27. The van der Waals surface area contributed by atoms with E-state index in [0.717, 1.165) is 31.5 Å². The van der Waals surface area contributed by atoms with E-state index in [2.05, 4.69) is 20.2 Å². The molecule has 8 nitrogen and oxygen atoms in total. The summed E-state index contributed by atoms with van der Waals surface area (Å²) in [6, 6.07) is 7.10. The van der Waals surface area contributed by atoms with Crippen LogP contribution in [0.15, 0.2) is 35.1 Å². The van der Waals surface area contributed by atoms with Crippen molar-refractivity contribution in [1.82, 2.24) is 20.2 Å². The van der Waals surface area contributed by atoms with Crippen LogP contribution in [0.3, 0.4) is 0 Å². The van der Waals surface area contributed by atoms with Crippen LogP contribution < -0.4 is 15.8 Å². The summed E-state index contributed by atoms with van der Waals surface area (Å²) in [6.45, 7) is 4.65. The van der Waals surface area contributed by atoms with Crippen molar-refractivity contribution in [2.75, 3.05) is 50.8 Å². The minimum atomic E-state index is -0.414. The predicted molar refractivity (Wildman–Crippen MR) is 115 cm³/mol. The minimum Gasteiger partial charge on any atom is -0.378 e. The maximum atomic E-state index is 13.5. The van der Waals surface area contributed by atoms with Crippen LogP contribution in [0.1, 0.15) is 30.1 Å². The molecule has 2 N–H and O–H groups in total. The van der Waals surface area contributed by atoms with Gasteiger partial charge in [-0.3, -0.25) is 19.5 Å². The van der Waals surface area contributed by atoms with E-state index in [1.54, 1.807) is 12.1 Å². The van der Waals surface area contributed by atoms with Gasteiger partial charge in [0.2, 0.25) is 11.9 Å². The van der Waals surface area contributed by atoms with Crippen LogP contribution in [-0.4, -0.2) is 66.7 Å². The van der Waals surface area contributed by atoms with Crippen molar-refractivity contribution in [1.29, 1.82) is 0 Å². The number of nitrogens with zero attached hydrogens (tertiary/aromatic N) is 3. The molecule has 1 amide bonds. The van der Waals surface area contributed by atoms with E-state index in [0.29, 0.717) is 50.9 Å². The summed E-state index contributed by atoms with van der Waals surface area (Å²) in [5, 5.41) is 3.06. The molecule has 1 atom stereocenters. The van der Waals surface area contributed by atoms with Gasteiger partial charge in [0.25, 0.3) is 5.56 Å². The Labute approximate surface area is 180 Å². The number of H-pyrrole nitrogens is 1. The number of benzene rings is 1. The number of halogens is 1. The Morgan fingerprint density at radius 2 is 1.87 bits per heavy atom. The smallest absolute Gasteiger partial charge is 0.252 e. The number of anilines is 1. The van der Waals surface area contributed by atoms with E-state index in [-0.39, 0.29) is 17.3 Å². The largest absolute Gasteiger partial charge is 0.378 e. The number of carbonyl (C=O) groups is 1. The van der Waals surface area contributed by atoms with Gasteiger partial charge >= 0.3 is 0 Å². The van der Waals surface area contributed by atoms with Crippen LogP contribution >= 0.6 is 0 Å². The second kappa shape index (κ2) is 10.0. The highest BCUT2D eigenvalue weighted by Gasteiger charge is 2.21. The molecule has 0 spiro atoms. The molecule has 9 heteroatoms. The van der Waals surface area contributed by atoms with Crippen LogP contribution in [0, 0.1) is 5.82 Å². The minimum absolute atomic E-state index is 0.0885. The molecule has 3 heterocycles. The molecule has 0 saturated carbocycles. The molecule has 0 aliphatic carbocycles. The molecule has 2 aromatic rings. The number of aromatic nitrogens is 2. The van der Waals surface area contributed by atoms with Crippen LogP contribution in [0.5, 0.6) is 0 Å². The molecule has 0 bridgehead atoms. The monoisotopic (exact) mass is 429 g/mol. The number of hydrogen-bond donors (Lipinski definition) is 2. The number of hydrogen-bond acceptors (Lipinski definition) is 6. The van der Waals surface area contributed by atoms with Gasteiger partial charge in [0.05, 0.1) is 31.5 Å². The van der Waals surface area contributed by atoms with Gasteiger partial charge in [-0.1, -0.05) is 12.1 Å². The number of rotatable bonds is 7. The molecule has 1 aromatic heterocycles. The van der Waals surface area contributed by atoms with Gasteiger partial charge in [-0.15, -0.1) is 0 Å². The second-order valence-corrected chi connectivity index (χ2v) is 8.02. The number of nitrogens with one attached hydrogen (secondary N) is 2. The number of amides is 1. The Morgan fingerprint density at radius 3 is 2.58 bits per heavy atom. The zero-order valence-electron chi connectivity index (χ0n) is 17.5. The summed E-state index contributed by atoms with van der Waals surface area (Å²) in [6.07, 6.45) is 2.55. The van der Waals surface area contributed by atoms with Crippen molar-refractivity contribution in [3.63, 3.8) is 0 Å². The van der Waals surface area contributed by atoms with Gasteiger partial charge < -0.3 is 15.0 Å². The molecule has 2 aliphatic heterocycles. The first kappa shape index (κ1) is 21.5. The summed E-state index contributed by atoms with van der Waals surface area (Å²) < 4.78 is 18.8. The molecule has 2 aliphatic rings. The number of carbonyl (C=O) groups excluding carboxylic acids is 1. The Morgan fingerprint density at radius 1 is 1.16 bits per heavy atom. The highest BCUT2D eigenvalue weighted by atomic mass is 19.1. The van der Waals surface area contributed by atoms with Crippen molar-refractivity contribution in [3.05, 3.63) is 57.8 Å². The molecule has 0 radical (unpaired) electrons. The van der Waals surface area contributed by atoms with Crippen LogP contribution in [0.4, 0.5) is 10.3 Å². The summed E-state index contributed by atoms with van der Waals surface area (Å²) >= 11 is 0. The maximum Gasteiger partial charge on any atom is 0.252 e. The van der Waals surface area contributed by atoms with E-state index >= 15 is 0 Å². The Balaban J connectivity index is 1.53. The summed E-state index contributed by atoms with van der Waals surface area (Å²) in [7, 11) is 0. The molecule has 2 saturated heterocycles. The lowest BCUT2D eigenvalue weighted by molar-refractivity contribution is -0.122. The Bertz CT molecular complexity index is 937.